The number of benzene rings is 2. The van der Waals surface area contributed by atoms with Crippen LogP contribution in [0.3, 0.4) is 0 Å². The van der Waals surface area contributed by atoms with Crippen molar-refractivity contribution in [2.75, 3.05) is 24.5 Å². The number of carbonyl (C=O) groups excluding carboxylic acids is 2. The van der Waals surface area contributed by atoms with E-state index >= 15 is 0 Å². The van der Waals surface area contributed by atoms with E-state index in [2.05, 4.69) is 6.07 Å². The summed E-state index contributed by atoms with van der Waals surface area (Å²) in [6, 6.07) is 13.2. The Kier molecular flexibility index (Phi) is 6.29. The normalized spacial score (nSPS) is 16.9. The molecule has 2 aromatic rings. The molecule has 6 heteroatoms. The van der Waals surface area contributed by atoms with Crippen LogP contribution in [0.4, 0.5) is 5.69 Å². The second kappa shape index (κ2) is 9.11. The molecule has 0 spiro atoms. The Labute approximate surface area is 188 Å². The van der Waals surface area contributed by atoms with E-state index in [9.17, 15) is 14.9 Å². The zero-order chi connectivity index (χ0) is 22.0. The molecule has 0 saturated carbocycles. The van der Waals surface area contributed by atoms with Crippen LogP contribution in [0, 0.1) is 24.2 Å². The van der Waals surface area contributed by atoms with E-state index in [1.54, 1.807) is 17.0 Å². The Balaban J connectivity index is 1.44. The predicted octanol–water partition coefficient (Wildman–Crippen LogP) is 4.74. The zero-order valence-electron chi connectivity index (χ0n) is 17.7. The van der Waals surface area contributed by atoms with Gasteiger partial charge >= 0.3 is 0 Å². The maximum Gasteiger partial charge on any atom is 0.253 e. The first-order chi connectivity index (χ1) is 15.0. The fraction of sp³-hybridized carbons (Fsp3) is 0.400. The summed E-state index contributed by atoms with van der Waals surface area (Å²) >= 11 is 6.17. The molecule has 0 N–H and O–H groups in total. The lowest BCUT2D eigenvalue weighted by Crippen LogP contribution is -2.44. The number of amides is 2. The summed E-state index contributed by atoms with van der Waals surface area (Å²) in [6.07, 6.45) is 4.27. The summed E-state index contributed by atoms with van der Waals surface area (Å²) < 4.78 is 0. The van der Waals surface area contributed by atoms with Gasteiger partial charge in [-0.3, -0.25) is 9.59 Å². The Morgan fingerprint density at radius 1 is 1.06 bits per heavy atom. The quantitative estimate of drug-likeness (QED) is 0.684. The molecule has 0 bridgehead atoms. The SMILES string of the molecule is Cc1ccc(C(=O)N2CCC(C(=O)N3CCCCc4cc(Cl)ccc43)CC2)cc1C#N. The maximum absolute atomic E-state index is 13.4. The number of nitrogens with zero attached hydrogens (tertiary/aromatic N) is 3. The zero-order valence-corrected chi connectivity index (χ0v) is 18.5. The summed E-state index contributed by atoms with van der Waals surface area (Å²) in [7, 11) is 0. The van der Waals surface area contributed by atoms with Crippen molar-refractivity contribution >= 4 is 29.1 Å². The van der Waals surface area contributed by atoms with Crippen molar-refractivity contribution in [3.63, 3.8) is 0 Å². The van der Waals surface area contributed by atoms with Crippen molar-refractivity contribution in [2.45, 2.75) is 39.0 Å². The molecule has 1 fully saturated rings. The molecule has 0 atom stereocenters. The van der Waals surface area contributed by atoms with E-state index in [0.717, 1.165) is 42.6 Å². The number of nitriles is 1. The van der Waals surface area contributed by atoms with E-state index in [4.69, 9.17) is 11.6 Å². The largest absolute Gasteiger partial charge is 0.339 e. The highest BCUT2D eigenvalue weighted by atomic mass is 35.5. The van der Waals surface area contributed by atoms with Gasteiger partial charge in [0.1, 0.15) is 0 Å². The molecule has 0 aliphatic carbocycles. The first kappa shape index (κ1) is 21.4. The van der Waals surface area contributed by atoms with Crippen LogP contribution in [0.1, 0.15) is 52.7 Å². The van der Waals surface area contributed by atoms with Gasteiger partial charge in [-0.1, -0.05) is 17.7 Å². The second-order valence-corrected chi connectivity index (χ2v) is 8.86. The van der Waals surface area contributed by atoms with Gasteiger partial charge in [0.15, 0.2) is 0 Å². The van der Waals surface area contributed by atoms with Gasteiger partial charge in [-0.15, -0.1) is 0 Å². The van der Waals surface area contributed by atoms with Crippen LogP contribution in [0.5, 0.6) is 0 Å². The Morgan fingerprint density at radius 2 is 1.84 bits per heavy atom. The number of halogens is 1. The van der Waals surface area contributed by atoms with Gasteiger partial charge in [0.25, 0.3) is 5.91 Å². The van der Waals surface area contributed by atoms with Gasteiger partial charge in [-0.2, -0.15) is 5.26 Å². The summed E-state index contributed by atoms with van der Waals surface area (Å²) in [5, 5.41) is 9.94. The van der Waals surface area contributed by atoms with E-state index < -0.39 is 0 Å². The van der Waals surface area contributed by atoms with E-state index in [1.807, 2.05) is 36.1 Å². The number of anilines is 1. The number of hydrogen-bond acceptors (Lipinski definition) is 3. The number of carbonyl (C=O) groups is 2. The predicted molar refractivity (Wildman–Crippen MR) is 121 cm³/mol. The van der Waals surface area contributed by atoms with Gasteiger partial charge in [0.2, 0.25) is 5.91 Å². The number of hydrogen-bond donors (Lipinski definition) is 0. The first-order valence-corrected chi connectivity index (χ1v) is 11.3. The van der Waals surface area contributed by atoms with Crippen molar-refractivity contribution in [2.24, 2.45) is 5.92 Å². The number of fused-ring (bicyclic) bond motifs is 1. The van der Waals surface area contributed by atoms with Crippen LogP contribution in [-0.4, -0.2) is 36.3 Å². The van der Waals surface area contributed by atoms with Crippen molar-refractivity contribution in [1.29, 1.82) is 5.26 Å². The number of rotatable bonds is 2. The van der Waals surface area contributed by atoms with Crippen LogP contribution < -0.4 is 4.90 Å². The van der Waals surface area contributed by atoms with E-state index in [1.165, 1.54) is 0 Å². The highest BCUT2D eigenvalue weighted by Gasteiger charge is 2.32. The highest BCUT2D eigenvalue weighted by molar-refractivity contribution is 6.30. The number of likely N-dealkylation sites (tertiary alicyclic amines) is 1. The molecule has 31 heavy (non-hydrogen) atoms. The average molecular weight is 436 g/mol. The monoisotopic (exact) mass is 435 g/mol. The van der Waals surface area contributed by atoms with Gasteiger partial charge in [-0.25, -0.2) is 0 Å². The number of piperidine rings is 1. The second-order valence-electron chi connectivity index (χ2n) is 8.43. The molecule has 0 radical (unpaired) electrons. The van der Waals surface area contributed by atoms with E-state index in [0.29, 0.717) is 42.1 Å². The first-order valence-electron chi connectivity index (χ1n) is 10.9. The molecule has 5 nitrogen and oxygen atoms in total. The molecular weight excluding hydrogens is 410 g/mol. The topological polar surface area (TPSA) is 64.4 Å². The molecule has 0 aromatic heterocycles. The molecule has 160 valence electrons. The number of aryl methyl sites for hydroxylation is 2. The minimum atomic E-state index is -0.0848. The summed E-state index contributed by atoms with van der Waals surface area (Å²) in [6.45, 7) is 3.68. The van der Waals surface area contributed by atoms with Crippen LogP contribution in [0.25, 0.3) is 0 Å². The molecule has 1 saturated heterocycles. The lowest BCUT2D eigenvalue weighted by molar-refractivity contribution is -0.123. The van der Waals surface area contributed by atoms with Crippen LogP contribution in [0.2, 0.25) is 5.02 Å². The maximum atomic E-state index is 13.4. The lowest BCUT2D eigenvalue weighted by Gasteiger charge is -2.34. The summed E-state index contributed by atoms with van der Waals surface area (Å²) in [5.74, 6) is -0.00445. The van der Waals surface area contributed by atoms with Crippen LogP contribution in [-0.2, 0) is 11.2 Å². The molecule has 2 aromatic carbocycles. The van der Waals surface area contributed by atoms with Crippen molar-refractivity contribution < 1.29 is 9.59 Å². The van der Waals surface area contributed by atoms with Crippen molar-refractivity contribution in [3.8, 4) is 6.07 Å². The minimum absolute atomic E-state index is 0.0721. The lowest BCUT2D eigenvalue weighted by atomic mass is 9.94. The molecule has 2 heterocycles. The van der Waals surface area contributed by atoms with Gasteiger partial charge in [-0.05, 0) is 80.5 Å². The molecule has 2 aliphatic heterocycles. The Bertz CT molecular complexity index is 1050. The standard InChI is InChI=1S/C25H26ClN3O2/c1-17-5-6-20(14-21(17)16-27)24(30)28-12-9-18(10-13-28)25(31)29-11-3-2-4-19-15-22(26)7-8-23(19)29/h5-8,14-15,18H,2-4,9-13H2,1H3. The Morgan fingerprint density at radius 3 is 2.58 bits per heavy atom. The van der Waals surface area contributed by atoms with Crippen molar-refractivity contribution in [3.05, 3.63) is 63.7 Å². The highest BCUT2D eigenvalue weighted by Crippen LogP contribution is 2.32. The van der Waals surface area contributed by atoms with Gasteiger partial charge in [0.05, 0.1) is 11.6 Å². The molecule has 2 aliphatic rings. The molecular formula is C25H26ClN3O2. The fourth-order valence-electron chi connectivity index (χ4n) is 4.56. The summed E-state index contributed by atoms with van der Waals surface area (Å²) in [5.41, 5.74) is 4.04. The van der Waals surface area contributed by atoms with Crippen LogP contribution in [0.15, 0.2) is 36.4 Å². The third-order valence-electron chi connectivity index (χ3n) is 6.41. The van der Waals surface area contributed by atoms with Crippen LogP contribution >= 0.6 is 11.6 Å². The molecule has 2 amide bonds. The average Bonchev–Trinajstić information content (AvgIpc) is 3.00. The molecule has 4 rings (SSSR count). The summed E-state index contributed by atoms with van der Waals surface area (Å²) in [4.78, 5) is 30.0. The Hall–Kier alpha value is -2.84. The smallest absolute Gasteiger partial charge is 0.253 e. The fourth-order valence-corrected chi connectivity index (χ4v) is 4.76. The third-order valence-corrected chi connectivity index (χ3v) is 6.65. The minimum Gasteiger partial charge on any atom is -0.339 e. The molecule has 0 unspecified atom stereocenters. The van der Waals surface area contributed by atoms with Crippen molar-refractivity contribution in [1.82, 2.24) is 4.90 Å². The van der Waals surface area contributed by atoms with E-state index in [-0.39, 0.29) is 17.7 Å². The van der Waals surface area contributed by atoms with Gasteiger partial charge in [0, 0.05) is 41.8 Å². The third kappa shape index (κ3) is 4.45. The van der Waals surface area contributed by atoms with Gasteiger partial charge < -0.3 is 9.80 Å².